The van der Waals surface area contributed by atoms with Gasteiger partial charge >= 0.3 is 0 Å². The fourth-order valence-electron chi connectivity index (χ4n) is 2.71. The highest BCUT2D eigenvalue weighted by molar-refractivity contribution is 4.93. The Hall–Kier alpha value is -0.0400. The fraction of sp³-hybridized carbons (Fsp3) is 1.00. The van der Waals surface area contributed by atoms with Crippen molar-refractivity contribution >= 4 is 0 Å². The van der Waals surface area contributed by atoms with Crippen molar-refractivity contribution in [2.75, 3.05) is 6.61 Å². The molecule has 0 spiro atoms. The first-order valence-corrected chi connectivity index (χ1v) is 6.66. The van der Waals surface area contributed by atoms with E-state index in [0.717, 1.165) is 13.0 Å². The van der Waals surface area contributed by atoms with Crippen LogP contribution in [0, 0.1) is 5.41 Å². The second-order valence-corrected chi connectivity index (χ2v) is 6.01. The van der Waals surface area contributed by atoms with Crippen LogP contribution >= 0.6 is 0 Å². The van der Waals surface area contributed by atoms with Crippen molar-refractivity contribution in [2.45, 2.75) is 78.2 Å². The zero-order chi connectivity index (χ0) is 11.4. The highest BCUT2D eigenvalue weighted by Crippen LogP contribution is 2.43. The maximum absolute atomic E-state index is 6.26. The van der Waals surface area contributed by atoms with Crippen LogP contribution in [0.1, 0.15) is 72.6 Å². The molecule has 1 fully saturated rings. The summed E-state index contributed by atoms with van der Waals surface area (Å²) in [5.41, 5.74) is 0.437. The van der Waals surface area contributed by atoms with Crippen molar-refractivity contribution in [2.24, 2.45) is 5.41 Å². The average Bonchev–Trinajstić information content (AvgIpc) is 2.39. The number of hydrogen-bond acceptors (Lipinski definition) is 1. The van der Waals surface area contributed by atoms with Gasteiger partial charge < -0.3 is 4.74 Å². The minimum Gasteiger partial charge on any atom is -0.374 e. The first-order chi connectivity index (χ1) is 7.02. The molecular formula is C14H28O. The Morgan fingerprint density at radius 2 is 1.53 bits per heavy atom. The van der Waals surface area contributed by atoms with Crippen molar-refractivity contribution in [1.82, 2.24) is 0 Å². The molecule has 0 N–H and O–H groups in total. The van der Waals surface area contributed by atoms with Gasteiger partial charge in [0.05, 0.1) is 5.60 Å². The SMILES string of the molecule is CCCOC1(C(C)(C)C)CCCCCC1. The van der Waals surface area contributed by atoms with Crippen molar-refractivity contribution in [1.29, 1.82) is 0 Å². The Labute approximate surface area is 95.6 Å². The van der Waals surface area contributed by atoms with Crippen LogP contribution in [0.3, 0.4) is 0 Å². The molecule has 0 aromatic heterocycles. The van der Waals surface area contributed by atoms with Crippen LogP contribution in [0.15, 0.2) is 0 Å². The van der Waals surface area contributed by atoms with Crippen LogP contribution in [-0.2, 0) is 4.74 Å². The predicted molar refractivity (Wildman–Crippen MR) is 66.1 cm³/mol. The molecule has 15 heavy (non-hydrogen) atoms. The Kier molecular flexibility index (Phi) is 4.64. The Morgan fingerprint density at radius 1 is 1.00 bits per heavy atom. The third-order valence-electron chi connectivity index (χ3n) is 3.86. The van der Waals surface area contributed by atoms with Crippen molar-refractivity contribution in [3.63, 3.8) is 0 Å². The van der Waals surface area contributed by atoms with Gasteiger partial charge in [-0.2, -0.15) is 0 Å². The van der Waals surface area contributed by atoms with E-state index in [0.29, 0.717) is 0 Å². The Balaban J connectivity index is 2.73. The smallest absolute Gasteiger partial charge is 0.0730 e. The second-order valence-electron chi connectivity index (χ2n) is 6.01. The summed E-state index contributed by atoms with van der Waals surface area (Å²) in [5.74, 6) is 0. The lowest BCUT2D eigenvalue weighted by Gasteiger charge is -2.44. The molecule has 0 amide bonds. The topological polar surface area (TPSA) is 9.23 Å². The van der Waals surface area contributed by atoms with Crippen LogP contribution in [0.2, 0.25) is 0 Å². The normalized spacial score (nSPS) is 22.4. The van der Waals surface area contributed by atoms with E-state index in [9.17, 15) is 0 Å². The predicted octanol–water partition coefficient (Wildman–Crippen LogP) is 4.55. The molecule has 1 saturated carbocycles. The van der Waals surface area contributed by atoms with E-state index in [1.165, 1.54) is 38.5 Å². The lowest BCUT2D eigenvalue weighted by Crippen LogP contribution is -2.45. The third kappa shape index (κ3) is 3.21. The van der Waals surface area contributed by atoms with Gasteiger partial charge in [-0.1, -0.05) is 53.4 Å². The van der Waals surface area contributed by atoms with Gasteiger partial charge in [0, 0.05) is 6.61 Å². The van der Waals surface area contributed by atoms with Crippen LogP contribution in [-0.4, -0.2) is 12.2 Å². The first-order valence-electron chi connectivity index (χ1n) is 6.66. The highest BCUT2D eigenvalue weighted by Gasteiger charge is 2.42. The molecule has 0 aliphatic heterocycles. The largest absolute Gasteiger partial charge is 0.374 e. The zero-order valence-corrected chi connectivity index (χ0v) is 11.1. The minimum absolute atomic E-state index is 0.152. The fourth-order valence-corrected chi connectivity index (χ4v) is 2.71. The van der Waals surface area contributed by atoms with Crippen LogP contribution in [0.25, 0.3) is 0 Å². The van der Waals surface area contributed by atoms with E-state index in [4.69, 9.17) is 4.74 Å². The quantitative estimate of drug-likeness (QED) is 0.623. The van der Waals surface area contributed by atoms with E-state index in [1.807, 2.05) is 0 Å². The standard InChI is InChI=1S/C14H28O/c1-5-12-15-14(13(2,3)4)10-8-6-7-9-11-14/h5-12H2,1-4H3. The molecule has 0 atom stereocenters. The van der Waals surface area contributed by atoms with Crippen molar-refractivity contribution in [3.8, 4) is 0 Å². The maximum Gasteiger partial charge on any atom is 0.0730 e. The molecule has 0 aromatic rings. The summed E-state index contributed by atoms with van der Waals surface area (Å²) in [4.78, 5) is 0. The van der Waals surface area contributed by atoms with Crippen LogP contribution in [0.4, 0.5) is 0 Å². The van der Waals surface area contributed by atoms with E-state index in [2.05, 4.69) is 27.7 Å². The summed E-state index contributed by atoms with van der Waals surface area (Å²) in [5, 5.41) is 0. The average molecular weight is 212 g/mol. The molecule has 90 valence electrons. The molecule has 0 radical (unpaired) electrons. The first kappa shape index (κ1) is 13.0. The minimum atomic E-state index is 0.152. The highest BCUT2D eigenvalue weighted by atomic mass is 16.5. The lowest BCUT2D eigenvalue weighted by atomic mass is 9.72. The van der Waals surface area contributed by atoms with Gasteiger partial charge in [0.2, 0.25) is 0 Å². The molecule has 0 heterocycles. The van der Waals surface area contributed by atoms with Gasteiger partial charge in [0.15, 0.2) is 0 Å². The number of hydrogen-bond donors (Lipinski definition) is 0. The summed E-state index contributed by atoms with van der Waals surface area (Å²) in [6, 6.07) is 0. The summed E-state index contributed by atoms with van der Waals surface area (Å²) < 4.78 is 6.26. The van der Waals surface area contributed by atoms with Gasteiger partial charge in [-0.3, -0.25) is 0 Å². The Morgan fingerprint density at radius 3 is 1.93 bits per heavy atom. The van der Waals surface area contributed by atoms with Gasteiger partial charge in [-0.25, -0.2) is 0 Å². The van der Waals surface area contributed by atoms with Crippen LogP contribution in [0.5, 0.6) is 0 Å². The van der Waals surface area contributed by atoms with Crippen molar-refractivity contribution < 1.29 is 4.74 Å². The number of rotatable bonds is 3. The van der Waals surface area contributed by atoms with E-state index < -0.39 is 0 Å². The maximum atomic E-state index is 6.26. The third-order valence-corrected chi connectivity index (χ3v) is 3.86. The van der Waals surface area contributed by atoms with E-state index in [1.54, 1.807) is 0 Å². The van der Waals surface area contributed by atoms with E-state index >= 15 is 0 Å². The molecular weight excluding hydrogens is 184 g/mol. The van der Waals surface area contributed by atoms with Gasteiger partial charge in [-0.15, -0.1) is 0 Å². The molecule has 1 heteroatoms. The lowest BCUT2D eigenvalue weighted by molar-refractivity contribution is -0.126. The Bertz CT molecular complexity index is 170. The van der Waals surface area contributed by atoms with E-state index in [-0.39, 0.29) is 11.0 Å². The molecule has 0 bridgehead atoms. The molecule has 0 aromatic carbocycles. The van der Waals surface area contributed by atoms with Gasteiger partial charge in [0.1, 0.15) is 0 Å². The second kappa shape index (κ2) is 5.34. The summed E-state index contributed by atoms with van der Waals surface area (Å²) in [6.07, 6.45) is 9.15. The van der Waals surface area contributed by atoms with Gasteiger partial charge in [-0.05, 0) is 24.7 Å². The van der Waals surface area contributed by atoms with Crippen LogP contribution < -0.4 is 0 Å². The van der Waals surface area contributed by atoms with Gasteiger partial charge in [0.25, 0.3) is 0 Å². The summed E-state index contributed by atoms with van der Waals surface area (Å²) in [7, 11) is 0. The summed E-state index contributed by atoms with van der Waals surface area (Å²) >= 11 is 0. The molecule has 1 nitrogen and oxygen atoms in total. The summed E-state index contributed by atoms with van der Waals surface area (Å²) in [6.45, 7) is 10.2. The monoisotopic (exact) mass is 212 g/mol. The zero-order valence-electron chi connectivity index (χ0n) is 11.1. The molecule has 0 unspecified atom stereocenters. The molecule has 1 aliphatic carbocycles. The molecule has 1 rings (SSSR count). The molecule has 1 aliphatic rings. The van der Waals surface area contributed by atoms with Crippen molar-refractivity contribution in [3.05, 3.63) is 0 Å². The molecule has 0 saturated heterocycles. The number of ether oxygens (including phenoxy) is 1.